The average Bonchev–Trinajstić information content (AvgIpc) is 2.36. The van der Waals surface area contributed by atoms with E-state index in [9.17, 15) is 0 Å². The van der Waals surface area contributed by atoms with Gasteiger partial charge in [0.1, 0.15) is 5.75 Å². The highest BCUT2D eigenvalue weighted by molar-refractivity contribution is 9.10. The maximum atomic E-state index is 5.86. The van der Waals surface area contributed by atoms with Crippen molar-refractivity contribution >= 4 is 15.9 Å². The van der Waals surface area contributed by atoms with Gasteiger partial charge in [0.15, 0.2) is 0 Å². The van der Waals surface area contributed by atoms with Crippen molar-refractivity contribution in [2.75, 3.05) is 13.2 Å². The van der Waals surface area contributed by atoms with Crippen LogP contribution in [0.1, 0.15) is 47.5 Å². The minimum atomic E-state index is 0.168. The number of hydrogen-bond donors (Lipinski definition) is 1. The first-order chi connectivity index (χ1) is 9.24. The largest absolute Gasteiger partial charge is 0.494 e. The van der Waals surface area contributed by atoms with Gasteiger partial charge in [0.05, 0.1) is 6.61 Å². The smallest absolute Gasteiger partial charge is 0.120 e. The second kappa shape index (κ2) is 7.46. The van der Waals surface area contributed by atoms with Gasteiger partial charge in [-0.05, 0) is 57.2 Å². The van der Waals surface area contributed by atoms with Crippen molar-refractivity contribution in [1.82, 2.24) is 5.32 Å². The quantitative estimate of drug-likeness (QED) is 0.751. The maximum absolute atomic E-state index is 5.86. The normalized spacial score (nSPS) is 14.9. The molecule has 1 rings (SSSR count). The van der Waals surface area contributed by atoms with Gasteiger partial charge in [-0.15, -0.1) is 0 Å². The van der Waals surface area contributed by atoms with Crippen molar-refractivity contribution in [2.24, 2.45) is 5.41 Å². The van der Waals surface area contributed by atoms with E-state index in [-0.39, 0.29) is 11.0 Å². The molecular formula is C17H28BrNO. The Morgan fingerprint density at radius 3 is 2.45 bits per heavy atom. The van der Waals surface area contributed by atoms with E-state index < -0.39 is 0 Å². The fourth-order valence-electron chi connectivity index (χ4n) is 1.84. The molecule has 114 valence electrons. The van der Waals surface area contributed by atoms with Gasteiger partial charge >= 0.3 is 0 Å². The number of ether oxygens (including phenoxy) is 1. The van der Waals surface area contributed by atoms with Crippen molar-refractivity contribution in [2.45, 2.75) is 53.0 Å². The maximum Gasteiger partial charge on any atom is 0.120 e. The number of halogens is 1. The topological polar surface area (TPSA) is 21.3 Å². The lowest BCUT2D eigenvalue weighted by molar-refractivity contribution is 0.187. The van der Waals surface area contributed by atoms with Crippen LogP contribution in [-0.2, 0) is 0 Å². The van der Waals surface area contributed by atoms with E-state index in [2.05, 4.69) is 55.9 Å². The van der Waals surface area contributed by atoms with Crippen molar-refractivity contribution < 1.29 is 4.74 Å². The highest BCUT2D eigenvalue weighted by Crippen LogP contribution is 2.26. The predicted molar refractivity (Wildman–Crippen MR) is 90.4 cm³/mol. The van der Waals surface area contributed by atoms with Crippen molar-refractivity contribution in [3.05, 3.63) is 28.7 Å². The molecule has 1 aromatic carbocycles. The third-order valence-corrected chi connectivity index (χ3v) is 4.16. The molecule has 0 radical (unpaired) electrons. The van der Waals surface area contributed by atoms with Crippen LogP contribution in [0, 0.1) is 5.41 Å². The number of benzene rings is 1. The molecule has 1 aromatic rings. The van der Waals surface area contributed by atoms with E-state index in [0.717, 1.165) is 36.2 Å². The molecular weight excluding hydrogens is 314 g/mol. The molecule has 0 amide bonds. The summed E-state index contributed by atoms with van der Waals surface area (Å²) in [7, 11) is 0. The zero-order valence-corrected chi connectivity index (χ0v) is 15.0. The minimum absolute atomic E-state index is 0.168. The van der Waals surface area contributed by atoms with Gasteiger partial charge in [-0.1, -0.05) is 35.8 Å². The second-order valence-electron chi connectivity index (χ2n) is 6.82. The first kappa shape index (κ1) is 17.5. The minimum Gasteiger partial charge on any atom is -0.494 e. The molecule has 1 N–H and O–H groups in total. The highest BCUT2D eigenvalue weighted by atomic mass is 79.9. The van der Waals surface area contributed by atoms with Crippen molar-refractivity contribution in [1.29, 1.82) is 0 Å². The molecule has 0 aliphatic carbocycles. The van der Waals surface area contributed by atoms with Crippen LogP contribution in [-0.4, -0.2) is 18.7 Å². The zero-order valence-electron chi connectivity index (χ0n) is 13.4. The molecule has 0 saturated heterocycles. The Hall–Kier alpha value is -0.540. The van der Waals surface area contributed by atoms with Gasteiger partial charge in [-0.3, -0.25) is 0 Å². The molecule has 0 aromatic heterocycles. The van der Waals surface area contributed by atoms with Gasteiger partial charge < -0.3 is 10.1 Å². The SMILES string of the molecule is CCC(C)(CCOc1cccc(Br)c1)CNC(C)(C)C. The lowest BCUT2D eigenvalue weighted by Gasteiger charge is -2.33. The van der Waals surface area contributed by atoms with E-state index in [4.69, 9.17) is 4.74 Å². The monoisotopic (exact) mass is 341 g/mol. The molecule has 0 fully saturated rings. The Bertz CT molecular complexity index is 414. The van der Waals surface area contributed by atoms with Crippen molar-refractivity contribution in [3.8, 4) is 5.75 Å². The van der Waals surface area contributed by atoms with Gasteiger partial charge in [-0.25, -0.2) is 0 Å². The first-order valence-corrected chi connectivity index (χ1v) is 8.17. The Morgan fingerprint density at radius 2 is 1.90 bits per heavy atom. The van der Waals surface area contributed by atoms with E-state index in [1.54, 1.807) is 0 Å². The fraction of sp³-hybridized carbons (Fsp3) is 0.647. The molecule has 1 unspecified atom stereocenters. The Balaban J connectivity index is 2.44. The Labute approximate surface area is 132 Å². The highest BCUT2D eigenvalue weighted by Gasteiger charge is 2.24. The summed E-state index contributed by atoms with van der Waals surface area (Å²) in [6.45, 7) is 13.0. The molecule has 0 heterocycles. The third kappa shape index (κ3) is 6.76. The molecule has 0 saturated carbocycles. The van der Waals surface area contributed by atoms with E-state index in [1.807, 2.05) is 24.3 Å². The summed E-state index contributed by atoms with van der Waals surface area (Å²) in [6, 6.07) is 8.02. The molecule has 0 aliphatic rings. The summed E-state index contributed by atoms with van der Waals surface area (Å²) < 4.78 is 6.92. The molecule has 0 bridgehead atoms. The summed E-state index contributed by atoms with van der Waals surface area (Å²) in [5, 5.41) is 3.61. The van der Waals surface area contributed by atoms with Gasteiger partial charge in [0, 0.05) is 16.6 Å². The van der Waals surface area contributed by atoms with Gasteiger partial charge in [-0.2, -0.15) is 0 Å². The number of rotatable bonds is 7. The Morgan fingerprint density at radius 1 is 1.20 bits per heavy atom. The average molecular weight is 342 g/mol. The molecule has 0 aliphatic heterocycles. The lowest BCUT2D eigenvalue weighted by Crippen LogP contribution is -2.43. The van der Waals surface area contributed by atoms with Crippen LogP contribution in [0.15, 0.2) is 28.7 Å². The summed E-state index contributed by atoms with van der Waals surface area (Å²) in [5.74, 6) is 0.932. The molecule has 2 nitrogen and oxygen atoms in total. The number of nitrogens with one attached hydrogen (secondary N) is 1. The van der Waals surface area contributed by atoms with Gasteiger partial charge in [0.25, 0.3) is 0 Å². The van der Waals surface area contributed by atoms with Crippen LogP contribution >= 0.6 is 15.9 Å². The van der Waals surface area contributed by atoms with Crippen LogP contribution in [0.5, 0.6) is 5.75 Å². The zero-order chi connectivity index (χ0) is 15.2. The van der Waals surface area contributed by atoms with Gasteiger partial charge in [0.2, 0.25) is 0 Å². The lowest BCUT2D eigenvalue weighted by atomic mass is 9.83. The van der Waals surface area contributed by atoms with Crippen LogP contribution < -0.4 is 10.1 Å². The van der Waals surface area contributed by atoms with E-state index in [1.165, 1.54) is 0 Å². The summed E-state index contributed by atoms with van der Waals surface area (Å²) in [6.07, 6.45) is 2.21. The number of hydrogen-bond acceptors (Lipinski definition) is 2. The van der Waals surface area contributed by atoms with Crippen molar-refractivity contribution in [3.63, 3.8) is 0 Å². The molecule has 1 atom stereocenters. The van der Waals surface area contributed by atoms with Crippen LogP contribution in [0.25, 0.3) is 0 Å². The molecule has 20 heavy (non-hydrogen) atoms. The first-order valence-electron chi connectivity index (χ1n) is 7.37. The summed E-state index contributed by atoms with van der Waals surface area (Å²) in [4.78, 5) is 0. The van der Waals surface area contributed by atoms with Crippen LogP contribution in [0.4, 0.5) is 0 Å². The van der Waals surface area contributed by atoms with E-state index >= 15 is 0 Å². The Kier molecular flexibility index (Phi) is 6.53. The summed E-state index contributed by atoms with van der Waals surface area (Å²) in [5.41, 5.74) is 0.445. The molecule has 3 heteroatoms. The van der Waals surface area contributed by atoms with E-state index in [0.29, 0.717) is 0 Å². The third-order valence-electron chi connectivity index (χ3n) is 3.67. The predicted octanol–water partition coefficient (Wildman–Crippen LogP) is 5.02. The molecule has 0 spiro atoms. The summed E-state index contributed by atoms with van der Waals surface area (Å²) >= 11 is 3.46. The van der Waals surface area contributed by atoms with Crippen LogP contribution in [0.2, 0.25) is 0 Å². The fourth-order valence-corrected chi connectivity index (χ4v) is 2.22. The second-order valence-corrected chi connectivity index (χ2v) is 7.74. The van der Waals surface area contributed by atoms with Crippen LogP contribution in [0.3, 0.4) is 0 Å². The standard InChI is InChI=1S/C17H28BrNO/c1-6-17(5,13-19-16(2,3)4)10-11-20-15-9-7-8-14(18)12-15/h7-9,12,19H,6,10-11,13H2,1-5H3.